The number of ether oxygens (including phenoxy) is 1. The van der Waals surface area contributed by atoms with Gasteiger partial charge < -0.3 is 15.0 Å². The molecule has 0 spiro atoms. The van der Waals surface area contributed by atoms with Gasteiger partial charge >= 0.3 is 5.97 Å². The summed E-state index contributed by atoms with van der Waals surface area (Å²) in [6.45, 7) is 13.8. The molecule has 0 aromatic rings. The Hall–Kier alpha value is -2.11. The van der Waals surface area contributed by atoms with Crippen molar-refractivity contribution in [3.63, 3.8) is 0 Å². The third kappa shape index (κ3) is 8.41. The summed E-state index contributed by atoms with van der Waals surface area (Å²) in [7, 11) is 0. The van der Waals surface area contributed by atoms with Crippen LogP contribution >= 0.6 is 0 Å². The topological polar surface area (TPSA) is 75.7 Å². The van der Waals surface area contributed by atoms with E-state index in [1.807, 2.05) is 0 Å². The summed E-state index contributed by atoms with van der Waals surface area (Å²) in [5, 5.41) is 2.89. The highest BCUT2D eigenvalue weighted by atomic mass is 16.6. The summed E-state index contributed by atoms with van der Waals surface area (Å²) in [4.78, 5) is 38.8. The van der Waals surface area contributed by atoms with Gasteiger partial charge in [-0.05, 0) is 46.5 Å². The molecular formula is C21H34N2O4. The largest absolute Gasteiger partial charge is 0.460 e. The van der Waals surface area contributed by atoms with E-state index in [2.05, 4.69) is 18.5 Å². The number of nitrogens with one attached hydrogen (secondary N) is 1. The highest BCUT2D eigenvalue weighted by Crippen LogP contribution is 2.24. The van der Waals surface area contributed by atoms with Gasteiger partial charge in [0.2, 0.25) is 11.8 Å². The maximum absolute atomic E-state index is 13.0. The predicted octanol–water partition coefficient (Wildman–Crippen LogP) is 2.98. The first-order valence-corrected chi connectivity index (χ1v) is 9.68. The Balaban J connectivity index is 2.67. The molecule has 6 nitrogen and oxygen atoms in total. The molecule has 1 aliphatic heterocycles. The average molecular weight is 379 g/mol. The maximum Gasteiger partial charge on any atom is 0.307 e. The lowest BCUT2D eigenvalue weighted by Crippen LogP contribution is -2.45. The molecule has 152 valence electrons. The van der Waals surface area contributed by atoms with Gasteiger partial charge in [0, 0.05) is 25.6 Å². The van der Waals surface area contributed by atoms with Crippen LogP contribution in [0.25, 0.3) is 0 Å². The summed E-state index contributed by atoms with van der Waals surface area (Å²) in [5.74, 6) is -0.959. The Bertz CT molecular complexity index is 551. The zero-order chi connectivity index (χ0) is 20.4. The van der Waals surface area contributed by atoms with Crippen molar-refractivity contribution in [2.75, 3.05) is 13.1 Å². The quantitative estimate of drug-likeness (QED) is 0.468. The summed E-state index contributed by atoms with van der Waals surface area (Å²) in [5.41, 5.74) is -0.579. The van der Waals surface area contributed by atoms with Crippen molar-refractivity contribution in [1.82, 2.24) is 10.2 Å². The van der Waals surface area contributed by atoms with Crippen LogP contribution in [0.2, 0.25) is 0 Å². The maximum atomic E-state index is 13.0. The van der Waals surface area contributed by atoms with Crippen molar-refractivity contribution in [3.8, 4) is 0 Å². The highest BCUT2D eigenvalue weighted by molar-refractivity contribution is 5.84. The van der Waals surface area contributed by atoms with Gasteiger partial charge in [0.25, 0.3) is 0 Å². The van der Waals surface area contributed by atoms with Gasteiger partial charge in [0.05, 0.1) is 12.3 Å². The van der Waals surface area contributed by atoms with Crippen LogP contribution in [0, 0.1) is 5.92 Å². The van der Waals surface area contributed by atoms with Crippen molar-refractivity contribution >= 4 is 17.8 Å². The van der Waals surface area contributed by atoms with Crippen LogP contribution in [0.3, 0.4) is 0 Å². The van der Waals surface area contributed by atoms with E-state index in [0.717, 1.165) is 12.8 Å². The van der Waals surface area contributed by atoms with Crippen LogP contribution in [0.1, 0.15) is 59.3 Å². The third-order valence-electron chi connectivity index (χ3n) is 4.40. The molecule has 1 saturated heterocycles. The SMILES string of the molecule is C=CCCC(=O)NC[C@@H]1CCCN1C(=O)[C@@H](CC=C)CC(=O)OC(C)(C)C. The summed E-state index contributed by atoms with van der Waals surface area (Å²) < 4.78 is 5.36. The fourth-order valence-electron chi connectivity index (χ4n) is 3.18. The van der Waals surface area contributed by atoms with E-state index in [9.17, 15) is 14.4 Å². The van der Waals surface area contributed by atoms with Crippen molar-refractivity contribution in [3.05, 3.63) is 25.3 Å². The number of nitrogens with zero attached hydrogens (tertiary/aromatic N) is 1. The van der Waals surface area contributed by atoms with Crippen LogP contribution in [-0.2, 0) is 19.1 Å². The lowest BCUT2D eigenvalue weighted by atomic mass is 9.99. The summed E-state index contributed by atoms with van der Waals surface area (Å²) in [6, 6.07) is -0.0314. The molecule has 2 atom stereocenters. The monoisotopic (exact) mass is 378 g/mol. The number of esters is 1. The molecule has 0 saturated carbocycles. The van der Waals surface area contributed by atoms with Crippen molar-refractivity contribution < 1.29 is 19.1 Å². The van der Waals surface area contributed by atoms with E-state index >= 15 is 0 Å². The number of carbonyl (C=O) groups is 3. The van der Waals surface area contributed by atoms with Gasteiger partial charge in [0.15, 0.2) is 0 Å². The van der Waals surface area contributed by atoms with Crippen LogP contribution in [0.15, 0.2) is 25.3 Å². The molecule has 2 amide bonds. The second kappa shape index (κ2) is 10.9. The molecular weight excluding hydrogens is 344 g/mol. The zero-order valence-corrected chi connectivity index (χ0v) is 17.0. The van der Waals surface area contributed by atoms with E-state index in [0.29, 0.717) is 32.4 Å². The Morgan fingerprint density at radius 3 is 2.56 bits per heavy atom. The minimum Gasteiger partial charge on any atom is -0.460 e. The Kier molecular flexibility index (Phi) is 9.26. The number of likely N-dealkylation sites (tertiary alicyclic amines) is 1. The van der Waals surface area contributed by atoms with Gasteiger partial charge in [-0.15, -0.1) is 13.2 Å². The first kappa shape index (κ1) is 22.9. The molecule has 1 N–H and O–H groups in total. The highest BCUT2D eigenvalue weighted by Gasteiger charge is 2.34. The van der Waals surface area contributed by atoms with E-state index in [-0.39, 0.29) is 30.2 Å². The number of hydrogen-bond donors (Lipinski definition) is 1. The first-order chi connectivity index (χ1) is 12.7. The molecule has 0 radical (unpaired) electrons. The molecule has 6 heteroatoms. The molecule has 27 heavy (non-hydrogen) atoms. The third-order valence-corrected chi connectivity index (χ3v) is 4.40. The van der Waals surface area contributed by atoms with E-state index < -0.39 is 11.5 Å². The van der Waals surface area contributed by atoms with Crippen molar-refractivity contribution in [2.45, 2.75) is 70.9 Å². The lowest BCUT2D eigenvalue weighted by molar-refractivity contribution is -0.158. The molecule has 0 aromatic heterocycles. The standard InChI is InChI=1S/C21H34N2O4/c1-6-8-12-18(24)22-15-17-11-9-13-23(17)20(26)16(10-7-2)14-19(25)27-21(3,4)5/h6-7,16-17H,1-2,8-15H2,3-5H3,(H,22,24)/t16-,17-/m0/s1. The van der Waals surface area contributed by atoms with E-state index in [4.69, 9.17) is 4.74 Å². The number of carbonyl (C=O) groups excluding carboxylic acids is 3. The summed E-state index contributed by atoms with van der Waals surface area (Å²) >= 11 is 0. The molecule has 0 bridgehead atoms. The predicted molar refractivity (Wildman–Crippen MR) is 106 cm³/mol. The molecule has 1 aliphatic rings. The van der Waals surface area contributed by atoms with Gasteiger partial charge in [-0.1, -0.05) is 12.2 Å². The van der Waals surface area contributed by atoms with E-state index in [1.165, 1.54) is 0 Å². The Labute approximate surface area is 163 Å². The number of allylic oxidation sites excluding steroid dienone is 2. The van der Waals surface area contributed by atoms with Crippen molar-refractivity contribution in [1.29, 1.82) is 0 Å². The van der Waals surface area contributed by atoms with Crippen molar-refractivity contribution in [2.24, 2.45) is 5.92 Å². The Morgan fingerprint density at radius 2 is 1.96 bits per heavy atom. The molecule has 1 heterocycles. The minimum atomic E-state index is -0.579. The molecule has 0 aliphatic carbocycles. The van der Waals surface area contributed by atoms with Crippen LogP contribution in [0.5, 0.6) is 0 Å². The summed E-state index contributed by atoms with van der Waals surface area (Å²) in [6.07, 6.45) is 6.62. The van der Waals surface area contributed by atoms with Gasteiger partial charge in [-0.2, -0.15) is 0 Å². The molecule has 0 unspecified atom stereocenters. The lowest BCUT2D eigenvalue weighted by Gasteiger charge is -2.29. The van der Waals surface area contributed by atoms with Crippen LogP contribution < -0.4 is 5.32 Å². The normalized spacial score (nSPS) is 17.9. The molecule has 1 fully saturated rings. The minimum absolute atomic E-state index is 0.0314. The van der Waals surface area contributed by atoms with E-state index in [1.54, 1.807) is 37.8 Å². The molecule has 0 aromatic carbocycles. The smallest absolute Gasteiger partial charge is 0.307 e. The van der Waals surface area contributed by atoms with Crippen LogP contribution in [-0.4, -0.2) is 47.4 Å². The first-order valence-electron chi connectivity index (χ1n) is 9.68. The fraction of sp³-hybridized carbons (Fsp3) is 0.667. The zero-order valence-electron chi connectivity index (χ0n) is 17.0. The Morgan fingerprint density at radius 1 is 1.26 bits per heavy atom. The fourth-order valence-corrected chi connectivity index (χ4v) is 3.18. The second-order valence-electron chi connectivity index (χ2n) is 7.97. The van der Waals surface area contributed by atoms with Crippen LogP contribution in [0.4, 0.5) is 0 Å². The second-order valence-corrected chi connectivity index (χ2v) is 7.97. The number of hydrogen-bond acceptors (Lipinski definition) is 4. The average Bonchev–Trinajstić information content (AvgIpc) is 3.03. The number of amides is 2. The number of rotatable bonds is 10. The molecule has 1 rings (SSSR count). The van der Waals surface area contributed by atoms with Gasteiger partial charge in [0.1, 0.15) is 5.60 Å². The van der Waals surface area contributed by atoms with Gasteiger partial charge in [-0.25, -0.2) is 0 Å². The van der Waals surface area contributed by atoms with Gasteiger partial charge in [-0.3, -0.25) is 14.4 Å².